The van der Waals surface area contributed by atoms with Gasteiger partial charge in [-0.1, -0.05) is 23.7 Å². The predicted octanol–water partition coefficient (Wildman–Crippen LogP) is 3.05. The van der Waals surface area contributed by atoms with Crippen LogP contribution in [0.3, 0.4) is 0 Å². The highest BCUT2D eigenvalue weighted by Crippen LogP contribution is 2.18. The van der Waals surface area contributed by atoms with Gasteiger partial charge in [0.1, 0.15) is 0 Å². The van der Waals surface area contributed by atoms with Gasteiger partial charge in [0.15, 0.2) is 11.6 Å². The summed E-state index contributed by atoms with van der Waals surface area (Å²) in [4.78, 5) is 15.8. The number of ether oxygens (including phenoxy) is 1. The van der Waals surface area contributed by atoms with Crippen LogP contribution in [-0.4, -0.2) is 18.0 Å². The van der Waals surface area contributed by atoms with Gasteiger partial charge in [0.2, 0.25) is 5.91 Å². The van der Waals surface area contributed by atoms with Crippen LogP contribution in [0.25, 0.3) is 0 Å². The number of hydrogen-bond acceptors (Lipinski definition) is 3. The first-order valence-electron chi connectivity index (χ1n) is 6.70. The molecule has 0 atom stereocenters. The Hall–Kier alpha value is -2.14. The summed E-state index contributed by atoms with van der Waals surface area (Å²) < 4.78 is 18.8. The van der Waals surface area contributed by atoms with Gasteiger partial charge in [0.25, 0.3) is 0 Å². The molecular formula is C16H16ClFN2O2. The molecular weight excluding hydrogens is 307 g/mol. The summed E-state index contributed by atoms with van der Waals surface area (Å²) in [6.07, 6.45) is 1.61. The average molecular weight is 323 g/mol. The van der Waals surface area contributed by atoms with E-state index in [1.165, 1.54) is 19.4 Å². The number of carbonyl (C=O) groups excluding carboxylic acids is 1. The average Bonchev–Trinajstić information content (AvgIpc) is 2.50. The molecule has 0 spiro atoms. The second-order valence-electron chi connectivity index (χ2n) is 4.81. The van der Waals surface area contributed by atoms with Crippen molar-refractivity contribution >= 4 is 17.5 Å². The zero-order valence-electron chi connectivity index (χ0n) is 12.3. The number of methoxy groups -OCH3 is 1. The molecule has 22 heavy (non-hydrogen) atoms. The molecule has 116 valence electrons. The van der Waals surface area contributed by atoms with E-state index in [2.05, 4.69) is 10.3 Å². The first kappa shape index (κ1) is 16.2. The molecule has 2 rings (SSSR count). The van der Waals surface area contributed by atoms with E-state index in [9.17, 15) is 9.18 Å². The summed E-state index contributed by atoms with van der Waals surface area (Å²) in [5.74, 6) is -0.697. The summed E-state index contributed by atoms with van der Waals surface area (Å²) in [6.45, 7) is 1.89. The van der Waals surface area contributed by atoms with E-state index in [1.807, 2.05) is 19.1 Å². The van der Waals surface area contributed by atoms with Gasteiger partial charge in [0, 0.05) is 17.3 Å². The molecule has 0 radical (unpaired) electrons. The Labute approximate surface area is 133 Å². The second kappa shape index (κ2) is 7.22. The third kappa shape index (κ3) is 3.95. The summed E-state index contributed by atoms with van der Waals surface area (Å²) in [6, 6.07) is 6.87. The maximum atomic E-state index is 13.9. The van der Waals surface area contributed by atoms with Crippen LogP contribution in [0.1, 0.15) is 16.8 Å². The molecule has 4 nitrogen and oxygen atoms in total. The molecule has 0 unspecified atom stereocenters. The largest absolute Gasteiger partial charge is 0.494 e. The third-order valence-corrected chi connectivity index (χ3v) is 3.61. The van der Waals surface area contributed by atoms with Gasteiger partial charge in [-0.3, -0.25) is 9.78 Å². The minimum atomic E-state index is -0.566. The number of pyridine rings is 1. The van der Waals surface area contributed by atoms with Gasteiger partial charge in [-0.05, 0) is 24.1 Å². The zero-order chi connectivity index (χ0) is 16.1. The molecule has 2 aromatic rings. The van der Waals surface area contributed by atoms with Gasteiger partial charge in [-0.15, -0.1) is 0 Å². The van der Waals surface area contributed by atoms with E-state index in [0.717, 1.165) is 11.1 Å². The fraction of sp³-hybridized carbons (Fsp3) is 0.250. The van der Waals surface area contributed by atoms with Gasteiger partial charge >= 0.3 is 0 Å². The number of nitrogens with one attached hydrogen (secondary N) is 1. The van der Waals surface area contributed by atoms with Crippen molar-refractivity contribution in [3.05, 3.63) is 58.1 Å². The van der Waals surface area contributed by atoms with Crippen LogP contribution in [0.4, 0.5) is 4.39 Å². The van der Waals surface area contributed by atoms with Crippen LogP contribution in [0.5, 0.6) is 5.75 Å². The quantitative estimate of drug-likeness (QED) is 0.920. The zero-order valence-corrected chi connectivity index (χ0v) is 13.1. The van der Waals surface area contributed by atoms with Crippen LogP contribution in [0.15, 0.2) is 30.5 Å². The van der Waals surface area contributed by atoms with Gasteiger partial charge in [0.05, 0.1) is 25.8 Å². The molecule has 0 saturated heterocycles. The van der Waals surface area contributed by atoms with Crippen LogP contribution < -0.4 is 10.1 Å². The summed E-state index contributed by atoms with van der Waals surface area (Å²) >= 11 is 6.02. The lowest BCUT2D eigenvalue weighted by Crippen LogP contribution is -2.25. The molecule has 1 N–H and O–H groups in total. The number of carbonyl (C=O) groups is 1. The van der Waals surface area contributed by atoms with Crippen molar-refractivity contribution in [1.82, 2.24) is 10.3 Å². The van der Waals surface area contributed by atoms with Crippen molar-refractivity contribution in [1.29, 1.82) is 0 Å². The number of aryl methyl sites for hydroxylation is 1. The number of amides is 1. The van der Waals surface area contributed by atoms with Crippen molar-refractivity contribution in [3.63, 3.8) is 0 Å². The Bertz CT molecular complexity index is 692. The predicted molar refractivity (Wildman–Crippen MR) is 82.5 cm³/mol. The molecule has 0 aliphatic carbocycles. The van der Waals surface area contributed by atoms with Crippen molar-refractivity contribution in [3.8, 4) is 5.75 Å². The van der Waals surface area contributed by atoms with Crippen molar-refractivity contribution in [2.75, 3.05) is 7.11 Å². The van der Waals surface area contributed by atoms with Gasteiger partial charge in [-0.25, -0.2) is 4.39 Å². The van der Waals surface area contributed by atoms with E-state index in [4.69, 9.17) is 16.3 Å². The maximum Gasteiger partial charge on any atom is 0.224 e. The minimum Gasteiger partial charge on any atom is -0.494 e. The molecule has 0 aliphatic heterocycles. The summed E-state index contributed by atoms with van der Waals surface area (Å²) in [5.41, 5.74) is 1.88. The van der Waals surface area contributed by atoms with Gasteiger partial charge in [-0.2, -0.15) is 0 Å². The number of nitrogens with zero attached hydrogens (tertiary/aromatic N) is 1. The first-order chi connectivity index (χ1) is 10.5. The molecule has 1 amide bonds. The Morgan fingerprint density at radius 1 is 1.41 bits per heavy atom. The number of hydrogen-bond donors (Lipinski definition) is 1. The van der Waals surface area contributed by atoms with Crippen LogP contribution in [0, 0.1) is 12.7 Å². The molecule has 1 heterocycles. The molecule has 1 aromatic carbocycles. The molecule has 0 saturated carbocycles. The maximum absolute atomic E-state index is 13.9. The minimum absolute atomic E-state index is 0.00145. The number of halogens is 2. The normalized spacial score (nSPS) is 10.4. The highest BCUT2D eigenvalue weighted by atomic mass is 35.5. The lowest BCUT2D eigenvalue weighted by molar-refractivity contribution is -0.120. The summed E-state index contributed by atoms with van der Waals surface area (Å²) in [7, 11) is 1.38. The van der Waals surface area contributed by atoms with Crippen LogP contribution >= 0.6 is 11.6 Å². The molecule has 1 aromatic heterocycles. The highest BCUT2D eigenvalue weighted by molar-refractivity contribution is 6.31. The van der Waals surface area contributed by atoms with E-state index in [-0.39, 0.29) is 30.3 Å². The van der Waals surface area contributed by atoms with E-state index < -0.39 is 5.82 Å². The molecule has 0 aliphatic rings. The van der Waals surface area contributed by atoms with Crippen molar-refractivity contribution in [2.24, 2.45) is 0 Å². The van der Waals surface area contributed by atoms with E-state index >= 15 is 0 Å². The molecule has 0 fully saturated rings. The van der Waals surface area contributed by atoms with Crippen LogP contribution in [-0.2, 0) is 17.8 Å². The molecule has 0 bridgehead atoms. The van der Waals surface area contributed by atoms with Crippen LogP contribution in [0.2, 0.25) is 5.02 Å². The second-order valence-corrected chi connectivity index (χ2v) is 5.22. The smallest absolute Gasteiger partial charge is 0.224 e. The van der Waals surface area contributed by atoms with Crippen molar-refractivity contribution < 1.29 is 13.9 Å². The lowest BCUT2D eigenvalue weighted by atomic mass is 10.1. The highest BCUT2D eigenvalue weighted by Gasteiger charge is 2.11. The Balaban J connectivity index is 1.97. The standard InChI is InChI=1S/C16H16ClFN2O2/c1-10-3-4-11(7-12(10)17)8-15(21)20-9-13-16(18)14(22-2)5-6-19-13/h3-7H,8-9H2,1-2H3,(H,20,21). The lowest BCUT2D eigenvalue weighted by Gasteiger charge is -2.08. The first-order valence-corrected chi connectivity index (χ1v) is 7.08. The molecule has 6 heteroatoms. The van der Waals surface area contributed by atoms with E-state index in [0.29, 0.717) is 5.02 Å². The van der Waals surface area contributed by atoms with Crippen molar-refractivity contribution in [2.45, 2.75) is 19.9 Å². The van der Waals surface area contributed by atoms with Gasteiger partial charge < -0.3 is 10.1 Å². The fourth-order valence-corrected chi connectivity index (χ4v) is 2.13. The topological polar surface area (TPSA) is 51.2 Å². The number of rotatable bonds is 5. The SMILES string of the molecule is COc1ccnc(CNC(=O)Cc2ccc(C)c(Cl)c2)c1F. The number of aromatic nitrogens is 1. The monoisotopic (exact) mass is 322 g/mol. The fourth-order valence-electron chi connectivity index (χ4n) is 1.92. The van der Waals surface area contributed by atoms with E-state index in [1.54, 1.807) is 6.07 Å². The summed E-state index contributed by atoms with van der Waals surface area (Å²) in [5, 5.41) is 3.25. The third-order valence-electron chi connectivity index (χ3n) is 3.20. The number of benzene rings is 1. The Morgan fingerprint density at radius 3 is 2.86 bits per heavy atom. The Kier molecular flexibility index (Phi) is 5.33. The Morgan fingerprint density at radius 2 is 2.18 bits per heavy atom.